The van der Waals surface area contributed by atoms with Gasteiger partial charge in [-0.05, 0) is 54.8 Å². The van der Waals surface area contributed by atoms with E-state index in [1.165, 1.54) is 0 Å². The van der Waals surface area contributed by atoms with Gasteiger partial charge in [-0.25, -0.2) is 0 Å². The van der Waals surface area contributed by atoms with Gasteiger partial charge in [0.25, 0.3) is 5.91 Å². The van der Waals surface area contributed by atoms with Crippen molar-refractivity contribution < 1.29 is 24.2 Å². The lowest BCUT2D eigenvalue weighted by atomic mass is 9.96. The van der Waals surface area contributed by atoms with Crippen LogP contribution in [0.4, 0.5) is 0 Å². The Morgan fingerprint density at radius 3 is 2.23 bits per heavy atom. The molecule has 1 fully saturated rings. The molecule has 2 amide bonds. The molecule has 182 valence electrons. The van der Waals surface area contributed by atoms with E-state index in [-0.39, 0.29) is 37.0 Å². The summed E-state index contributed by atoms with van der Waals surface area (Å²) in [5.41, 5.74) is 1.52. The van der Waals surface area contributed by atoms with Crippen molar-refractivity contribution in [1.82, 2.24) is 10.6 Å². The molecule has 1 heterocycles. The van der Waals surface area contributed by atoms with Gasteiger partial charge in [0.15, 0.2) is 0 Å². The van der Waals surface area contributed by atoms with Gasteiger partial charge in [0, 0.05) is 12.1 Å². The smallest absolute Gasteiger partial charge is 0.251 e. The van der Waals surface area contributed by atoms with Crippen LogP contribution in [0.1, 0.15) is 35.2 Å². The molecule has 1 aliphatic heterocycles. The first-order valence-electron chi connectivity index (χ1n) is 11.8. The number of aliphatic hydroxyl groups excluding tert-OH is 1. The predicted octanol–water partition coefficient (Wildman–Crippen LogP) is 3.82. The van der Waals surface area contributed by atoms with Crippen LogP contribution in [0.3, 0.4) is 0 Å². The molecule has 3 atom stereocenters. The fraction of sp³-hybridized carbons (Fsp3) is 0.286. The van der Waals surface area contributed by atoms with Gasteiger partial charge in [-0.1, -0.05) is 48.5 Å². The number of ether oxygens (including phenoxy) is 2. The lowest BCUT2D eigenvalue weighted by Crippen LogP contribution is -2.51. The normalized spacial score (nSPS) is 19.5. The molecule has 0 saturated carbocycles. The highest BCUT2D eigenvalue weighted by Crippen LogP contribution is 2.23. The van der Waals surface area contributed by atoms with Crippen LogP contribution in [0.5, 0.6) is 11.5 Å². The van der Waals surface area contributed by atoms with Gasteiger partial charge in [-0.3, -0.25) is 9.59 Å². The highest BCUT2D eigenvalue weighted by Gasteiger charge is 2.33. The molecule has 1 aliphatic rings. The minimum atomic E-state index is -0.550. The number of benzene rings is 3. The van der Waals surface area contributed by atoms with E-state index >= 15 is 0 Å². The maximum atomic E-state index is 12.5. The predicted molar refractivity (Wildman–Crippen MR) is 132 cm³/mol. The summed E-state index contributed by atoms with van der Waals surface area (Å²) in [7, 11) is 0. The van der Waals surface area contributed by atoms with Gasteiger partial charge in [-0.2, -0.15) is 0 Å². The molecule has 0 spiro atoms. The minimum Gasteiger partial charge on any atom is -0.457 e. The second-order valence-electron chi connectivity index (χ2n) is 8.54. The Labute approximate surface area is 205 Å². The molecule has 0 aliphatic carbocycles. The molecule has 3 N–H and O–H groups in total. The van der Waals surface area contributed by atoms with Crippen LogP contribution in [0.25, 0.3) is 0 Å². The van der Waals surface area contributed by atoms with Crippen LogP contribution in [0.2, 0.25) is 0 Å². The Kier molecular flexibility index (Phi) is 8.48. The van der Waals surface area contributed by atoms with E-state index in [2.05, 4.69) is 10.6 Å². The summed E-state index contributed by atoms with van der Waals surface area (Å²) in [6.45, 7) is 0.172. The average Bonchev–Trinajstić information content (AvgIpc) is 2.90. The van der Waals surface area contributed by atoms with Crippen molar-refractivity contribution in [2.45, 2.75) is 44.1 Å². The van der Waals surface area contributed by atoms with E-state index < -0.39 is 6.10 Å². The molecular formula is C28H30N2O5. The maximum Gasteiger partial charge on any atom is 0.251 e. The first kappa shape index (κ1) is 24.4. The van der Waals surface area contributed by atoms with E-state index in [0.29, 0.717) is 24.9 Å². The number of para-hydroxylation sites is 1. The van der Waals surface area contributed by atoms with Crippen molar-refractivity contribution in [3.8, 4) is 11.5 Å². The number of carbonyl (C=O) groups excluding carboxylic acids is 2. The highest BCUT2D eigenvalue weighted by atomic mass is 16.5. The fourth-order valence-electron chi connectivity index (χ4n) is 4.07. The van der Waals surface area contributed by atoms with Gasteiger partial charge in [0.1, 0.15) is 17.6 Å². The van der Waals surface area contributed by atoms with Crippen LogP contribution in [-0.4, -0.2) is 41.8 Å². The monoisotopic (exact) mass is 474 g/mol. The molecule has 3 aromatic rings. The summed E-state index contributed by atoms with van der Waals surface area (Å²) >= 11 is 0. The quantitative estimate of drug-likeness (QED) is 0.438. The van der Waals surface area contributed by atoms with E-state index in [1.807, 2.05) is 60.7 Å². The van der Waals surface area contributed by atoms with Crippen molar-refractivity contribution >= 4 is 11.8 Å². The van der Waals surface area contributed by atoms with E-state index in [1.54, 1.807) is 24.3 Å². The molecule has 4 rings (SSSR count). The zero-order valence-corrected chi connectivity index (χ0v) is 19.4. The summed E-state index contributed by atoms with van der Waals surface area (Å²) in [4.78, 5) is 24.9. The molecule has 0 aromatic heterocycles. The van der Waals surface area contributed by atoms with Gasteiger partial charge in [0.2, 0.25) is 5.91 Å². The standard InChI is InChI=1S/C28H30N2O5/c31-19-26-25(30-28(33)21-7-3-1-4-8-21)16-15-24(35-26)17-27(32)29-18-20-11-13-23(14-12-20)34-22-9-5-2-6-10-22/h1-14,24-26,31H,15-19H2,(H,29,32)(H,30,33)/t24-,25-,26+/m0/s1. The first-order valence-corrected chi connectivity index (χ1v) is 11.8. The van der Waals surface area contributed by atoms with Crippen LogP contribution in [-0.2, 0) is 16.1 Å². The number of nitrogens with one attached hydrogen (secondary N) is 2. The Bertz CT molecular complexity index is 1090. The van der Waals surface area contributed by atoms with Crippen LogP contribution in [0, 0.1) is 0 Å². The Morgan fingerprint density at radius 1 is 0.886 bits per heavy atom. The molecule has 0 unspecified atom stereocenters. The number of aliphatic hydroxyl groups is 1. The van der Waals surface area contributed by atoms with Crippen LogP contribution < -0.4 is 15.4 Å². The molecule has 7 nitrogen and oxygen atoms in total. The topological polar surface area (TPSA) is 96.9 Å². The molecule has 35 heavy (non-hydrogen) atoms. The molecule has 1 saturated heterocycles. The third-order valence-corrected chi connectivity index (χ3v) is 5.95. The number of hydrogen-bond donors (Lipinski definition) is 3. The molecular weight excluding hydrogens is 444 g/mol. The average molecular weight is 475 g/mol. The SMILES string of the molecule is O=C(C[C@@H]1CC[C@H](NC(=O)c2ccccc2)[C@@H](CO)O1)NCc1ccc(Oc2ccccc2)cc1. The Balaban J connectivity index is 1.21. The van der Waals surface area contributed by atoms with Crippen molar-refractivity contribution in [2.24, 2.45) is 0 Å². The second-order valence-corrected chi connectivity index (χ2v) is 8.54. The van der Waals surface area contributed by atoms with Gasteiger partial charge in [-0.15, -0.1) is 0 Å². The van der Waals surface area contributed by atoms with Gasteiger partial charge >= 0.3 is 0 Å². The van der Waals surface area contributed by atoms with Crippen molar-refractivity contribution in [3.63, 3.8) is 0 Å². The van der Waals surface area contributed by atoms with Crippen molar-refractivity contribution in [3.05, 3.63) is 96.1 Å². The van der Waals surface area contributed by atoms with Crippen molar-refractivity contribution in [2.75, 3.05) is 6.61 Å². The third kappa shape index (κ3) is 7.15. The van der Waals surface area contributed by atoms with E-state index in [9.17, 15) is 14.7 Å². The fourth-order valence-corrected chi connectivity index (χ4v) is 4.07. The zero-order chi connectivity index (χ0) is 24.5. The molecule has 7 heteroatoms. The summed E-state index contributed by atoms with van der Waals surface area (Å²) < 4.78 is 11.7. The van der Waals surface area contributed by atoms with Crippen LogP contribution in [0.15, 0.2) is 84.9 Å². The number of amides is 2. The number of hydrogen-bond acceptors (Lipinski definition) is 5. The lowest BCUT2D eigenvalue weighted by molar-refractivity contribution is -0.131. The number of carbonyl (C=O) groups is 2. The highest BCUT2D eigenvalue weighted by molar-refractivity contribution is 5.94. The zero-order valence-electron chi connectivity index (χ0n) is 19.4. The second kappa shape index (κ2) is 12.1. The lowest BCUT2D eigenvalue weighted by Gasteiger charge is -2.36. The third-order valence-electron chi connectivity index (χ3n) is 5.95. The molecule has 0 bridgehead atoms. The van der Waals surface area contributed by atoms with E-state index in [0.717, 1.165) is 17.1 Å². The summed E-state index contributed by atoms with van der Waals surface area (Å²) in [6.07, 6.45) is 0.593. The van der Waals surface area contributed by atoms with Crippen molar-refractivity contribution in [1.29, 1.82) is 0 Å². The minimum absolute atomic E-state index is 0.122. The first-order chi connectivity index (χ1) is 17.1. The molecule has 3 aromatic carbocycles. The summed E-state index contributed by atoms with van der Waals surface area (Å²) in [5, 5.41) is 15.6. The Hall–Kier alpha value is -3.68. The molecule has 0 radical (unpaired) electrons. The largest absolute Gasteiger partial charge is 0.457 e. The van der Waals surface area contributed by atoms with Crippen LogP contribution >= 0.6 is 0 Å². The van der Waals surface area contributed by atoms with Gasteiger partial charge in [0.05, 0.1) is 25.2 Å². The summed E-state index contributed by atoms with van der Waals surface area (Å²) in [6, 6.07) is 25.7. The maximum absolute atomic E-state index is 12.5. The van der Waals surface area contributed by atoms with Gasteiger partial charge < -0.3 is 25.2 Å². The number of rotatable bonds is 9. The van der Waals surface area contributed by atoms with E-state index in [4.69, 9.17) is 9.47 Å². The Morgan fingerprint density at radius 2 is 1.54 bits per heavy atom. The summed E-state index contributed by atoms with van der Waals surface area (Å²) in [5.74, 6) is 1.17.